The maximum atomic E-state index is 14.7. The minimum absolute atomic E-state index is 0.240. The summed E-state index contributed by atoms with van der Waals surface area (Å²) >= 11 is 10.2. The standard InChI is InChI=1S/C26H24BrN7O.C26H24ClN7O.C26H24FN7O/c3*1-32-9-11-33(12-10-32)18-20-5-6-22(14-24(20)27)31-26(35)21-13-19(15-28-16-21)4-7-23-17-29-25-3-2-8-30-34(23)25/h3*2-3,5-6,8,13-17H,9-12,18H2,1H3,(H,31,35). The van der Waals surface area contributed by atoms with E-state index in [2.05, 4.69) is 169 Å². The van der Waals surface area contributed by atoms with Crippen LogP contribution in [-0.2, 0) is 19.6 Å². The van der Waals surface area contributed by atoms with Crippen LogP contribution in [0, 0.1) is 41.3 Å². The summed E-state index contributed by atoms with van der Waals surface area (Å²) in [6, 6.07) is 32.5. The van der Waals surface area contributed by atoms with Crippen LogP contribution < -0.4 is 16.0 Å². The molecule has 27 heteroatoms. The maximum absolute atomic E-state index is 14.7. The van der Waals surface area contributed by atoms with Crippen LogP contribution in [0.25, 0.3) is 16.9 Å². The minimum Gasteiger partial charge on any atom is -0.322 e. The number of imidazole rings is 3. The molecule has 24 nitrogen and oxygen atoms in total. The summed E-state index contributed by atoms with van der Waals surface area (Å²) in [5.74, 6) is 16.9. The highest BCUT2D eigenvalue weighted by molar-refractivity contribution is 9.10. The lowest BCUT2D eigenvalue weighted by atomic mass is 10.1. The van der Waals surface area contributed by atoms with E-state index >= 15 is 0 Å². The Morgan fingerprint density at radius 2 is 0.762 bits per heavy atom. The Kier molecular flexibility index (Phi) is 23.4. The van der Waals surface area contributed by atoms with Crippen molar-refractivity contribution in [2.75, 3.05) is 116 Å². The number of halogens is 3. The van der Waals surface area contributed by atoms with Gasteiger partial charge in [-0.15, -0.1) is 0 Å². The number of rotatable bonds is 12. The minimum atomic E-state index is -0.385. The average molecular weight is 1490 g/mol. The van der Waals surface area contributed by atoms with Gasteiger partial charge in [0.15, 0.2) is 16.9 Å². The summed E-state index contributed by atoms with van der Waals surface area (Å²) in [5, 5.41) is 22.0. The highest BCUT2D eigenvalue weighted by Gasteiger charge is 2.21. The van der Waals surface area contributed by atoms with Gasteiger partial charge in [0.1, 0.15) is 22.9 Å². The van der Waals surface area contributed by atoms with Gasteiger partial charge in [-0.25, -0.2) is 32.9 Å². The first-order valence-corrected chi connectivity index (χ1v) is 35.1. The van der Waals surface area contributed by atoms with Crippen molar-refractivity contribution in [1.29, 1.82) is 0 Å². The second-order valence-corrected chi connectivity index (χ2v) is 26.7. The van der Waals surface area contributed by atoms with Crippen molar-refractivity contribution in [3.05, 3.63) is 266 Å². The Balaban J connectivity index is 0.000000140. The van der Waals surface area contributed by atoms with E-state index in [4.69, 9.17) is 11.6 Å². The van der Waals surface area contributed by atoms with Gasteiger partial charge in [0, 0.05) is 203 Å². The van der Waals surface area contributed by atoms with Gasteiger partial charge in [-0.3, -0.25) is 44.0 Å². The summed E-state index contributed by atoms with van der Waals surface area (Å²) < 4.78 is 20.7. The molecule has 3 amide bonds. The van der Waals surface area contributed by atoms with Crippen LogP contribution in [0.2, 0.25) is 5.02 Å². The quantitative estimate of drug-likeness (QED) is 0.0967. The maximum Gasteiger partial charge on any atom is 0.257 e. The Labute approximate surface area is 619 Å². The van der Waals surface area contributed by atoms with Crippen LogP contribution in [0.5, 0.6) is 0 Å². The van der Waals surface area contributed by atoms with E-state index in [9.17, 15) is 18.8 Å². The summed E-state index contributed by atoms with van der Waals surface area (Å²) in [5.41, 5.74) is 11.7. The number of likely N-dealkylation sites (N-methyl/N-ethyl adjacent to an activating group) is 3. The van der Waals surface area contributed by atoms with Gasteiger partial charge in [0.2, 0.25) is 0 Å². The van der Waals surface area contributed by atoms with E-state index < -0.39 is 0 Å². The first-order valence-electron chi connectivity index (χ1n) is 33.9. The molecule has 15 rings (SSSR count). The van der Waals surface area contributed by atoms with Crippen LogP contribution in [0.15, 0.2) is 188 Å². The lowest BCUT2D eigenvalue weighted by Gasteiger charge is -2.32. The third kappa shape index (κ3) is 19.2. The molecule has 3 aliphatic rings. The Morgan fingerprint density at radius 1 is 0.419 bits per heavy atom. The number of pyridine rings is 3. The molecule has 3 aliphatic heterocycles. The summed E-state index contributed by atoms with van der Waals surface area (Å²) in [4.78, 5) is 77.8. The molecule has 3 N–H and O–H groups in total. The largest absolute Gasteiger partial charge is 0.322 e. The molecule has 0 aliphatic carbocycles. The number of benzene rings is 3. The van der Waals surface area contributed by atoms with Gasteiger partial charge in [0.05, 0.1) is 35.3 Å². The number of carbonyl (C=O) groups excluding carboxylic acids is 3. The normalized spacial score (nSPS) is 14.5. The predicted molar refractivity (Wildman–Crippen MR) is 404 cm³/mol. The fourth-order valence-corrected chi connectivity index (χ4v) is 12.4. The topological polar surface area (TPSA) is 236 Å². The van der Waals surface area contributed by atoms with Crippen molar-refractivity contribution in [3.63, 3.8) is 0 Å². The number of hydrogen-bond donors (Lipinski definition) is 3. The molecule has 105 heavy (non-hydrogen) atoms. The van der Waals surface area contributed by atoms with Crippen LogP contribution in [0.1, 0.15) is 81.5 Å². The molecule has 3 saturated heterocycles. The lowest BCUT2D eigenvalue weighted by Crippen LogP contribution is -2.44. The molecule has 0 saturated carbocycles. The smallest absolute Gasteiger partial charge is 0.257 e. The van der Waals surface area contributed by atoms with Gasteiger partial charge in [-0.1, -0.05) is 63.5 Å². The number of aromatic nitrogens is 12. The number of piperazine rings is 3. The van der Waals surface area contributed by atoms with Crippen molar-refractivity contribution in [2.45, 2.75) is 19.6 Å². The monoisotopic (exact) mass is 1480 g/mol. The molecule has 0 atom stereocenters. The van der Waals surface area contributed by atoms with E-state index in [1.165, 1.54) is 30.2 Å². The van der Waals surface area contributed by atoms with Crippen molar-refractivity contribution in [1.82, 2.24) is 88.1 Å². The first-order chi connectivity index (χ1) is 51.1. The predicted octanol–water partition coefficient (Wildman–Crippen LogP) is 9.13. The SMILES string of the molecule is CN1CCN(Cc2ccc(NC(=O)c3cncc(C#Cc4cnc5cccnn45)c3)cc2Br)CC1.CN1CCN(Cc2ccc(NC(=O)c3cncc(C#Cc4cnc5cccnn45)c3)cc2Cl)CC1.CN1CCN(Cc2ccc(NC(=O)c3cncc(C#Cc4cnc5cccnn45)c3)cc2F)CC1. The molecule has 0 radical (unpaired) electrons. The fourth-order valence-electron chi connectivity index (χ4n) is 11.7. The molecule has 0 unspecified atom stereocenters. The molecule has 12 heterocycles. The zero-order valence-electron chi connectivity index (χ0n) is 57.8. The average Bonchev–Trinajstić information content (AvgIpc) is 1.75. The van der Waals surface area contributed by atoms with Crippen molar-refractivity contribution in [2.24, 2.45) is 0 Å². The number of anilines is 3. The number of hydrogen-bond acceptors (Lipinski definition) is 18. The van der Waals surface area contributed by atoms with E-state index in [0.717, 1.165) is 119 Å². The van der Waals surface area contributed by atoms with Crippen molar-refractivity contribution >= 4 is 79.3 Å². The number of nitrogens with zero attached hydrogens (tertiary/aromatic N) is 18. The fraction of sp³-hybridized carbons (Fsp3) is 0.231. The summed E-state index contributed by atoms with van der Waals surface area (Å²) in [6.45, 7) is 14.4. The van der Waals surface area contributed by atoms with Gasteiger partial charge in [-0.05, 0) is 141 Å². The summed E-state index contributed by atoms with van der Waals surface area (Å²) in [7, 11) is 6.38. The van der Waals surface area contributed by atoms with Crippen molar-refractivity contribution < 1.29 is 18.8 Å². The van der Waals surface area contributed by atoms with E-state index in [1.54, 1.807) is 112 Å². The van der Waals surface area contributed by atoms with Crippen LogP contribution >= 0.6 is 27.5 Å². The Hall–Kier alpha value is -11.5. The summed E-state index contributed by atoms with van der Waals surface area (Å²) in [6.07, 6.45) is 19.3. The molecule has 0 spiro atoms. The number of nitrogens with one attached hydrogen (secondary N) is 3. The van der Waals surface area contributed by atoms with Gasteiger partial charge >= 0.3 is 0 Å². The van der Waals surface area contributed by atoms with Crippen LogP contribution in [0.3, 0.4) is 0 Å². The molecule has 12 aromatic rings. The highest BCUT2D eigenvalue weighted by atomic mass is 79.9. The molecular weight excluding hydrogens is 1410 g/mol. The molecule has 528 valence electrons. The molecular formula is C78H72BrClFN21O3. The lowest BCUT2D eigenvalue weighted by molar-refractivity contribution is 0.101. The molecule has 0 bridgehead atoms. The third-order valence-electron chi connectivity index (χ3n) is 17.7. The first kappa shape index (κ1) is 71.9. The molecule has 3 aromatic carbocycles. The van der Waals surface area contributed by atoms with Gasteiger partial charge in [-0.2, -0.15) is 15.3 Å². The number of carbonyl (C=O) groups is 3. The third-order valence-corrected chi connectivity index (χ3v) is 18.8. The van der Waals surface area contributed by atoms with E-state index in [-0.39, 0.29) is 23.5 Å². The zero-order valence-corrected chi connectivity index (χ0v) is 60.2. The number of fused-ring (bicyclic) bond motifs is 3. The van der Waals surface area contributed by atoms with E-state index in [0.29, 0.717) is 84.6 Å². The second-order valence-electron chi connectivity index (χ2n) is 25.5. The molecule has 3 fully saturated rings. The van der Waals surface area contributed by atoms with Crippen LogP contribution in [-0.4, -0.2) is 206 Å². The Morgan fingerprint density at radius 3 is 1.13 bits per heavy atom. The van der Waals surface area contributed by atoms with Crippen molar-refractivity contribution in [3.8, 4) is 35.5 Å². The zero-order chi connectivity index (χ0) is 72.6. The Bertz CT molecular complexity index is 4820. The van der Waals surface area contributed by atoms with Gasteiger partial charge < -0.3 is 30.7 Å². The number of amides is 3. The van der Waals surface area contributed by atoms with Crippen LogP contribution in [0.4, 0.5) is 21.5 Å². The van der Waals surface area contributed by atoms with Gasteiger partial charge in [0.25, 0.3) is 17.7 Å². The molecule has 9 aromatic heterocycles. The highest BCUT2D eigenvalue weighted by Crippen LogP contribution is 2.27. The second kappa shape index (κ2) is 34.2. The van der Waals surface area contributed by atoms with E-state index in [1.807, 2.05) is 54.6 Å².